The molecule has 1 saturated heterocycles. The fourth-order valence-electron chi connectivity index (χ4n) is 3.34. The van der Waals surface area contributed by atoms with Crippen molar-refractivity contribution in [3.8, 4) is 11.1 Å². The third-order valence-electron chi connectivity index (χ3n) is 4.88. The standard InChI is InChI=1S/C20H24FN3O/c1-13-4-6-15(3)24(12-13)20(25)23-18-7-5-14(2)19(9-18)16-8-17(21)11-22-10-16/h5,7-11,13,15H,4,6,12H2,1-3H3,(H,23,25)/t13-,15+/m0/s1. The smallest absolute Gasteiger partial charge is 0.322 e. The zero-order chi connectivity index (χ0) is 18.0. The van der Waals surface area contributed by atoms with E-state index in [-0.39, 0.29) is 17.9 Å². The highest BCUT2D eigenvalue weighted by Crippen LogP contribution is 2.27. The van der Waals surface area contributed by atoms with E-state index in [1.807, 2.05) is 30.0 Å². The minimum atomic E-state index is -0.373. The lowest BCUT2D eigenvalue weighted by molar-refractivity contribution is 0.147. The van der Waals surface area contributed by atoms with E-state index < -0.39 is 0 Å². The van der Waals surface area contributed by atoms with Crippen molar-refractivity contribution in [1.82, 2.24) is 9.88 Å². The summed E-state index contributed by atoms with van der Waals surface area (Å²) in [5.41, 5.74) is 3.28. The van der Waals surface area contributed by atoms with Gasteiger partial charge in [0.25, 0.3) is 0 Å². The summed E-state index contributed by atoms with van der Waals surface area (Å²) in [6.45, 7) is 7.00. The zero-order valence-electron chi connectivity index (χ0n) is 14.9. The summed E-state index contributed by atoms with van der Waals surface area (Å²) in [6, 6.07) is 7.30. The lowest BCUT2D eigenvalue weighted by Crippen LogP contribution is -2.46. The van der Waals surface area contributed by atoms with E-state index in [9.17, 15) is 9.18 Å². The van der Waals surface area contributed by atoms with E-state index in [0.29, 0.717) is 17.2 Å². The molecule has 0 radical (unpaired) electrons. The predicted octanol–water partition coefficient (Wildman–Crippen LogP) is 4.85. The van der Waals surface area contributed by atoms with Crippen LogP contribution >= 0.6 is 0 Å². The van der Waals surface area contributed by atoms with Gasteiger partial charge in [-0.25, -0.2) is 9.18 Å². The van der Waals surface area contributed by atoms with Crippen LogP contribution in [0.4, 0.5) is 14.9 Å². The van der Waals surface area contributed by atoms with Crippen LogP contribution in [0.15, 0.2) is 36.7 Å². The molecule has 5 heteroatoms. The summed E-state index contributed by atoms with van der Waals surface area (Å²) >= 11 is 0. The number of pyridine rings is 1. The minimum absolute atomic E-state index is 0.0776. The molecule has 1 N–H and O–H groups in total. The number of rotatable bonds is 2. The number of nitrogens with one attached hydrogen (secondary N) is 1. The number of anilines is 1. The van der Waals surface area contributed by atoms with Crippen LogP contribution in [0.1, 0.15) is 32.3 Å². The summed E-state index contributed by atoms with van der Waals surface area (Å²) < 4.78 is 13.5. The average molecular weight is 341 g/mol. The Balaban J connectivity index is 1.81. The fourth-order valence-corrected chi connectivity index (χ4v) is 3.34. The van der Waals surface area contributed by atoms with Crippen molar-refractivity contribution in [3.63, 3.8) is 0 Å². The van der Waals surface area contributed by atoms with E-state index in [1.165, 1.54) is 12.3 Å². The molecule has 2 atom stereocenters. The van der Waals surface area contributed by atoms with Gasteiger partial charge in [-0.1, -0.05) is 13.0 Å². The number of piperidine rings is 1. The Morgan fingerprint density at radius 3 is 2.80 bits per heavy atom. The molecule has 1 aromatic carbocycles. The van der Waals surface area contributed by atoms with Crippen LogP contribution in [0.2, 0.25) is 0 Å². The molecule has 132 valence electrons. The monoisotopic (exact) mass is 341 g/mol. The van der Waals surface area contributed by atoms with Crippen molar-refractivity contribution in [2.24, 2.45) is 5.92 Å². The molecule has 1 aliphatic rings. The van der Waals surface area contributed by atoms with Crippen molar-refractivity contribution in [1.29, 1.82) is 0 Å². The molecule has 1 aromatic heterocycles. The van der Waals surface area contributed by atoms with Crippen molar-refractivity contribution in [3.05, 3.63) is 48.0 Å². The second-order valence-electron chi connectivity index (χ2n) is 7.04. The van der Waals surface area contributed by atoms with Crippen LogP contribution in [0.3, 0.4) is 0 Å². The molecule has 25 heavy (non-hydrogen) atoms. The highest BCUT2D eigenvalue weighted by molar-refractivity contribution is 5.90. The molecule has 0 bridgehead atoms. The Morgan fingerprint density at radius 1 is 1.24 bits per heavy atom. The molecule has 1 aliphatic heterocycles. The summed E-state index contributed by atoms with van der Waals surface area (Å²) in [7, 11) is 0. The molecule has 0 unspecified atom stereocenters. The molecule has 2 heterocycles. The molecule has 1 fully saturated rings. The van der Waals surface area contributed by atoms with Crippen LogP contribution in [0, 0.1) is 18.7 Å². The summed E-state index contributed by atoms with van der Waals surface area (Å²) in [5, 5.41) is 2.99. The third-order valence-corrected chi connectivity index (χ3v) is 4.88. The highest BCUT2D eigenvalue weighted by Gasteiger charge is 2.26. The quantitative estimate of drug-likeness (QED) is 0.849. The molecule has 3 rings (SSSR count). The predicted molar refractivity (Wildman–Crippen MR) is 98.0 cm³/mol. The Kier molecular flexibility index (Phi) is 5.02. The molecule has 0 spiro atoms. The number of carbonyl (C=O) groups excluding carboxylic acids is 1. The second-order valence-corrected chi connectivity index (χ2v) is 7.04. The summed E-state index contributed by atoms with van der Waals surface area (Å²) in [5.74, 6) is 0.149. The Morgan fingerprint density at radius 2 is 2.04 bits per heavy atom. The van der Waals surface area contributed by atoms with Crippen molar-refractivity contribution in [2.45, 2.75) is 39.7 Å². The normalized spacial score (nSPS) is 20.4. The van der Waals surface area contributed by atoms with Gasteiger partial charge in [0.15, 0.2) is 0 Å². The van der Waals surface area contributed by atoms with Gasteiger partial charge in [0.1, 0.15) is 5.82 Å². The minimum Gasteiger partial charge on any atom is -0.322 e. The van der Waals surface area contributed by atoms with Gasteiger partial charge in [0.2, 0.25) is 0 Å². The van der Waals surface area contributed by atoms with Crippen molar-refractivity contribution in [2.75, 3.05) is 11.9 Å². The summed E-state index contributed by atoms with van der Waals surface area (Å²) in [4.78, 5) is 18.5. The maximum absolute atomic E-state index is 13.5. The molecular weight excluding hydrogens is 317 g/mol. The van der Waals surface area contributed by atoms with E-state index in [2.05, 4.69) is 24.1 Å². The number of hydrogen-bond donors (Lipinski definition) is 1. The van der Waals surface area contributed by atoms with Crippen molar-refractivity contribution < 1.29 is 9.18 Å². The number of hydrogen-bond acceptors (Lipinski definition) is 2. The first-order chi connectivity index (χ1) is 11.9. The maximum Gasteiger partial charge on any atom is 0.322 e. The van der Waals surface area contributed by atoms with Gasteiger partial charge in [-0.15, -0.1) is 0 Å². The van der Waals surface area contributed by atoms with E-state index in [0.717, 1.165) is 30.5 Å². The second kappa shape index (κ2) is 7.21. The molecule has 2 aromatic rings. The average Bonchev–Trinajstić information content (AvgIpc) is 2.58. The number of likely N-dealkylation sites (tertiary alicyclic amines) is 1. The van der Waals surface area contributed by atoms with Crippen LogP contribution < -0.4 is 5.32 Å². The number of nitrogens with zero attached hydrogens (tertiary/aromatic N) is 2. The lowest BCUT2D eigenvalue weighted by atomic mass is 9.95. The van der Waals surface area contributed by atoms with Gasteiger partial charge in [-0.3, -0.25) is 4.98 Å². The number of aromatic nitrogens is 1. The number of carbonyl (C=O) groups is 1. The van der Waals surface area contributed by atoms with E-state index >= 15 is 0 Å². The maximum atomic E-state index is 13.5. The van der Waals surface area contributed by atoms with E-state index in [1.54, 1.807) is 6.20 Å². The Hall–Kier alpha value is -2.43. The first kappa shape index (κ1) is 17.4. The van der Waals surface area contributed by atoms with Crippen LogP contribution in [-0.4, -0.2) is 28.5 Å². The lowest BCUT2D eigenvalue weighted by Gasteiger charge is -2.36. The van der Waals surface area contributed by atoms with E-state index in [4.69, 9.17) is 0 Å². The number of aryl methyl sites for hydroxylation is 1. The van der Waals surface area contributed by atoms with Gasteiger partial charge < -0.3 is 10.2 Å². The van der Waals surface area contributed by atoms with Gasteiger partial charge in [0, 0.05) is 30.0 Å². The fraction of sp³-hybridized carbons (Fsp3) is 0.400. The Labute approximate surface area is 148 Å². The van der Waals surface area contributed by atoms with Crippen LogP contribution in [-0.2, 0) is 0 Å². The van der Waals surface area contributed by atoms with Gasteiger partial charge in [-0.2, -0.15) is 0 Å². The molecule has 4 nitrogen and oxygen atoms in total. The first-order valence-corrected chi connectivity index (χ1v) is 8.73. The topological polar surface area (TPSA) is 45.2 Å². The first-order valence-electron chi connectivity index (χ1n) is 8.73. The molecule has 2 amide bonds. The van der Waals surface area contributed by atoms with Crippen molar-refractivity contribution >= 4 is 11.7 Å². The number of benzene rings is 1. The van der Waals surface area contributed by atoms with Crippen LogP contribution in [0.5, 0.6) is 0 Å². The largest absolute Gasteiger partial charge is 0.322 e. The zero-order valence-corrected chi connectivity index (χ0v) is 14.9. The van der Waals surface area contributed by atoms with Gasteiger partial charge >= 0.3 is 6.03 Å². The number of urea groups is 1. The van der Waals surface area contributed by atoms with Crippen LogP contribution in [0.25, 0.3) is 11.1 Å². The molecule has 0 aliphatic carbocycles. The molecule has 0 saturated carbocycles. The number of amides is 2. The molecular formula is C20H24FN3O. The SMILES string of the molecule is Cc1ccc(NC(=O)N2C[C@@H](C)CC[C@H]2C)cc1-c1cncc(F)c1. The number of halogens is 1. The van der Waals surface area contributed by atoms with Gasteiger partial charge in [-0.05, 0) is 61.9 Å². The van der Waals surface area contributed by atoms with Gasteiger partial charge in [0.05, 0.1) is 6.20 Å². The summed E-state index contributed by atoms with van der Waals surface area (Å²) in [6.07, 6.45) is 5.00. The highest BCUT2D eigenvalue weighted by atomic mass is 19.1. The Bertz CT molecular complexity index is 777. The third kappa shape index (κ3) is 3.98.